The summed E-state index contributed by atoms with van der Waals surface area (Å²) in [5.41, 5.74) is 2.40. The molecule has 0 unspecified atom stereocenters. The van der Waals surface area contributed by atoms with Crippen LogP contribution in [0.3, 0.4) is 0 Å². The molecule has 1 heterocycles. The maximum atomic E-state index is 13.9. The number of nitrogens with zero attached hydrogens (tertiary/aromatic N) is 2. The van der Waals surface area contributed by atoms with Crippen molar-refractivity contribution in [2.24, 2.45) is 0 Å². The van der Waals surface area contributed by atoms with Crippen LogP contribution in [-0.2, 0) is 10.0 Å². The minimum atomic E-state index is -4.16. The molecule has 8 heteroatoms. The molecule has 0 radical (unpaired) electrons. The van der Waals surface area contributed by atoms with Crippen LogP contribution in [0.5, 0.6) is 0 Å². The minimum Gasteiger partial charge on any atom is -0.336 e. The third-order valence-corrected chi connectivity index (χ3v) is 6.57. The fraction of sp³-hybridized carbons (Fsp3) is 0.316. The highest BCUT2D eigenvalue weighted by atomic mass is 32.2. The van der Waals surface area contributed by atoms with Gasteiger partial charge in [0.2, 0.25) is 10.0 Å². The van der Waals surface area contributed by atoms with Gasteiger partial charge in [-0.3, -0.25) is 4.79 Å². The van der Waals surface area contributed by atoms with Crippen LogP contribution in [0, 0.1) is 25.5 Å². The molecule has 144 valence electrons. The van der Waals surface area contributed by atoms with E-state index in [1.54, 1.807) is 4.90 Å². The SMILES string of the molecule is Cc1ccc(C)c(C(=O)N2CCN(S(=O)(=O)c3cc(F)ccc3F)CC2)c1. The first kappa shape index (κ1) is 19.4. The van der Waals surface area contributed by atoms with Gasteiger partial charge >= 0.3 is 0 Å². The number of hydrogen-bond donors (Lipinski definition) is 0. The zero-order valence-corrected chi connectivity index (χ0v) is 15.9. The van der Waals surface area contributed by atoms with Crippen LogP contribution < -0.4 is 0 Å². The van der Waals surface area contributed by atoms with Gasteiger partial charge in [0.25, 0.3) is 5.91 Å². The van der Waals surface area contributed by atoms with E-state index in [4.69, 9.17) is 0 Å². The molecule has 2 aromatic carbocycles. The van der Waals surface area contributed by atoms with Crippen LogP contribution in [0.1, 0.15) is 21.5 Å². The molecule has 1 fully saturated rings. The van der Waals surface area contributed by atoms with Gasteiger partial charge in [-0.25, -0.2) is 17.2 Å². The van der Waals surface area contributed by atoms with Crippen molar-refractivity contribution in [3.05, 3.63) is 64.7 Å². The van der Waals surface area contributed by atoms with Crippen molar-refractivity contribution in [3.8, 4) is 0 Å². The molecule has 0 spiro atoms. The molecule has 1 aliphatic rings. The van der Waals surface area contributed by atoms with Crippen LogP contribution in [0.4, 0.5) is 8.78 Å². The molecule has 27 heavy (non-hydrogen) atoms. The van der Waals surface area contributed by atoms with Crippen LogP contribution >= 0.6 is 0 Å². The van der Waals surface area contributed by atoms with Crippen molar-refractivity contribution in [2.75, 3.05) is 26.2 Å². The Morgan fingerprint density at radius 2 is 1.63 bits per heavy atom. The summed E-state index contributed by atoms with van der Waals surface area (Å²) in [7, 11) is -4.16. The molecule has 0 aliphatic carbocycles. The first-order valence-electron chi connectivity index (χ1n) is 8.52. The number of sulfonamides is 1. The molecular formula is C19H20F2N2O3S. The topological polar surface area (TPSA) is 57.7 Å². The standard InChI is InChI=1S/C19H20F2N2O3S/c1-13-3-4-14(2)16(11-13)19(24)22-7-9-23(10-8-22)27(25,26)18-12-15(20)5-6-17(18)21/h3-6,11-12H,7-10H2,1-2H3. The Kier molecular flexibility index (Phi) is 5.30. The molecule has 5 nitrogen and oxygen atoms in total. The summed E-state index contributed by atoms with van der Waals surface area (Å²) < 4.78 is 53.6. The largest absolute Gasteiger partial charge is 0.336 e. The van der Waals surface area contributed by atoms with Crippen molar-refractivity contribution >= 4 is 15.9 Å². The maximum Gasteiger partial charge on any atom is 0.254 e. The number of aryl methyl sites for hydroxylation is 2. The third-order valence-electron chi connectivity index (χ3n) is 4.66. The second-order valence-electron chi connectivity index (χ2n) is 6.59. The highest BCUT2D eigenvalue weighted by Crippen LogP contribution is 2.22. The minimum absolute atomic E-state index is 0.0227. The fourth-order valence-corrected chi connectivity index (χ4v) is 4.58. The van der Waals surface area contributed by atoms with Crippen molar-refractivity contribution < 1.29 is 22.0 Å². The maximum absolute atomic E-state index is 13.9. The van der Waals surface area contributed by atoms with E-state index in [-0.39, 0.29) is 32.1 Å². The lowest BCUT2D eigenvalue weighted by Gasteiger charge is -2.34. The highest BCUT2D eigenvalue weighted by Gasteiger charge is 2.32. The van der Waals surface area contributed by atoms with Crippen LogP contribution in [0.15, 0.2) is 41.3 Å². The van der Waals surface area contributed by atoms with Gasteiger partial charge in [0.15, 0.2) is 0 Å². The van der Waals surface area contributed by atoms with Crippen molar-refractivity contribution in [1.29, 1.82) is 0 Å². The zero-order chi connectivity index (χ0) is 19.8. The Hall–Kier alpha value is -2.32. The molecular weight excluding hydrogens is 374 g/mol. The van der Waals surface area contributed by atoms with E-state index in [0.29, 0.717) is 11.6 Å². The summed E-state index contributed by atoms with van der Waals surface area (Å²) >= 11 is 0. The van der Waals surface area contributed by atoms with Crippen molar-refractivity contribution in [2.45, 2.75) is 18.7 Å². The number of carbonyl (C=O) groups excluding carboxylic acids is 1. The second kappa shape index (κ2) is 7.36. The smallest absolute Gasteiger partial charge is 0.254 e. The van der Waals surface area contributed by atoms with Gasteiger partial charge in [-0.1, -0.05) is 17.7 Å². The lowest BCUT2D eigenvalue weighted by molar-refractivity contribution is 0.0697. The van der Waals surface area contributed by atoms with E-state index in [0.717, 1.165) is 27.6 Å². The van der Waals surface area contributed by atoms with Crippen LogP contribution in [0.2, 0.25) is 0 Å². The average molecular weight is 394 g/mol. The lowest BCUT2D eigenvalue weighted by Crippen LogP contribution is -2.50. The summed E-state index contributed by atoms with van der Waals surface area (Å²) in [5, 5.41) is 0. The molecule has 2 aromatic rings. The summed E-state index contributed by atoms with van der Waals surface area (Å²) in [6, 6.07) is 7.94. The predicted octanol–water partition coefficient (Wildman–Crippen LogP) is 2.73. The molecule has 1 aliphatic heterocycles. The van der Waals surface area contributed by atoms with Gasteiger partial charge in [-0.2, -0.15) is 4.31 Å². The number of carbonyl (C=O) groups is 1. The van der Waals surface area contributed by atoms with E-state index in [2.05, 4.69) is 0 Å². The summed E-state index contributed by atoms with van der Waals surface area (Å²) in [5.74, 6) is -1.98. The Bertz CT molecular complexity index is 984. The van der Waals surface area contributed by atoms with Gasteiger partial charge in [-0.15, -0.1) is 0 Å². The average Bonchev–Trinajstić information content (AvgIpc) is 2.65. The van der Waals surface area contributed by atoms with Crippen molar-refractivity contribution in [3.63, 3.8) is 0 Å². The molecule has 0 saturated carbocycles. The molecule has 1 saturated heterocycles. The highest BCUT2D eigenvalue weighted by molar-refractivity contribution is 7.89. The first-order chi connectivity index (χ1) is 12.7. The normalized spacial score (nSPS) is 15.8. The Morgan fingerprint density at radius 3 is 2.30 bits per heavy atom. The van der Waals surface area contributed by atoms with E-state index in [9.17, 15) is 22.0 Å². The summed E-state index contributed by atoms with van der Waals surface area (Å²) in [4.78, 5) is 13.6. The lowest BCUT2D eigenvalue weighted by atomic mass is 10.0. The first-order valence-corrected chi connectivity index (χ1v) is 9.96. The number of halogens is 2. The van der Waals surface area contributed by atoms with Gasteiger partial charge in [0, 0.05) is 31.7 Å². The van der Waals surface area contributed by atoms with Crippen molar-refractivity contribution in [1.82, 2.24) is 9.21 Å². The second-order valence-corrected chi connectivity index (χ2v) is 8.50. The number of rotatable bonds is 3. The van der Waals surface area contributed by atoms with Crippen LogP contribution in [-0.4, -0.2) is 49.7 Å². The Balaban J connectivity index is 1.76. The zero-order valence-electron chi connectivity index (χ0n) is 15.1. The summed E-state index contributed by atoms with van der Waals surface area (Å²) in [6.07, 6.45) is 0. The quantitative estimate of drug-likeness (QED) is 0.804. The number of hydrogen-bond acceptors (Lipinski definition) is 3. The fourth-order valence-electron chi connectivity index (χ4n) is 3.08. The number of benzene rings is 2. The van der Waals surface area contributed by atoms with E-state index < -0.39 is 26.6 Å². The molecule has 0 atom stereocenters. The van der Waals surface area contributed by atoms with E-state index >= 15 is 0 Å². The molecule has 0 aromatic heterocycles. The Labute approximate surface area is 157 Å². The van der Waals surface area contributed by atoms with Gasteiger partial charge in [-0.05, 0) is 43.7 Å². The van der Waals surface area contributed by atoms with Gasteiger partial charge in [0.1, 0.15) is 16.5 Å². The van der Waals surface area contributed by atoms with Crippen LogP contribution in [0.25, 0.3) is 0 Å². The molecule has 0 N–H and O–H groups in total. The third kappa shape index (κ3) is 3.86. The number of amides is 1. The van der Waals surface area contributed by atoms with E-state index in [1.807, 2.05) is 32.0 Å². The Morgan fingerprint density at radius 1 is 0.963 bits per heavy atom. The molecule has 3 rings (SSSR count). The van der Waals surface area contributed by atoms with Gasteiger partial charge in [0.05, 0.1) is 0 Å². The molecule has 0 bridgehead atoms. The summed E-state index contributed by atoms with van der Waals surface area (Å²) in [6.45, 7) is 4.16. The molecule has 1 amide bonds. The monoisotopic (exact) mass is 394 g/mol. The van der Waals surface area contributed by atoms with Gasteiger partial charge < -0.3 is 4.90 Å². The predicted molar refractivity (Wildman–Crippen MR) is 96.9 cm³/mol. The number of piperazine rings is 1. The van der Waals surface area contributed by atoms with E-state index in [1.165, 1.54) is 0 Å².